The van der Waals surface area contributed by atoms with Crippen molar-refractivity contribution in [1.29, 1.82) is 0 Å². The number of aliphatic hydroxyl groups excluding tert-OH is 1. The van der Waals surface area contributed by atoms with Gasteiger partial charge in [-0.15, -0.1) is 0 Å². The van der Waals surface area contributed by atoms with Crippen LogP contribution in [0.25, 0.3) is 0 Å². The molecule has 4 amide bonds. The van der Waals surface area contributed by atoms with Gasteiger partial charge in [0.2, 0.25) is 23.6 Å². The third-order valence-corrected chi connectivity index (χ3v) is 11.4. The molecule has 8 unspecified atom stereocenters. The van der Waals surface area contributed by atoms with Crippen molar-refractivity contribution >= 4 is 23.6 Å². The molecule has 0 aromatic heterocycles. The van der Waals surface area contributed by atoms with Gasteiger partial charge in [0, 0.05) is 34.4 Å². The molecular weight excluding hydrogens is 714 g/mol. The number of hydrogen-bond donors (Lipinski definition) is 4. The van der Waals surface area contributed by atoms with Crippen molar-refractivity contribution in [2.45, 2.75) is 116 Å². The lowest BCUT2D eigenvalue weighted by Gasteiger charge is -2.39. The second kappa shape index (κ2) is 22.0. The highest BCUT2D eigenvalue weighted by molar-refractivity contribution is 5.88. The van der Waals surface area contributed by atoms with Crippen molar-refractivity contribution in [3.63, 3.8) is 0 Å². The fourth-order valence-corrected chi connectivity index (χ4v) is 8.09. The van der Waals surface area contributed by atoms with Crippen molar-refractivity contribution in [3.8, 4) is 5.75 Å². The van der Waals surface area contributed by atoms with E-state index in [-0.39, 0.29) is 60.2 Å². The van der Waals surface area contributed by atoms with Gasteiger partial charge in [-0.25, -0.2) is 0 Å². The number of aromatic hydroxyl groups is 1. The first-order valence-corrected chi connectivity index (χ1v) is 20.0. The van der Waals surface area contributed by atoms with Gasteiger partial charge >= 0.3 is 0 Å². The Bertz CT molecular complexity index is 1540. The number of phenols is 1. The molecule has 1 fully saturated rings. The summed E-state index contributed by atoms with van der Waals surface area (Å²) in [6.45, 7) is 12.3. The molecule has 0 aliphatic carbocycles. The summed E-state index contributed by atoms with van der Waals surface area (Å²) in [6, 6.07) is 14.2. The number of phenolic OH excluding ortho intramolecular Hbond substituents is 1. The molecule has 13 heteroatoms. The molecule has 1 aliphatic heterocycles. The number of methoxy groups -OCH3 is 2. The SMILES string of the molecule is CCC(C)C(C(CC(=O)N1CCCC1C(OC)[C@@H](C)C(=O)NC(C)C(O)c1ccccc1)OC)N(C)C(=O)CNC(=O)C(C(C)C)N(C)Cc1ccc(O)cc1. The third-order valence-electron chi connectivity index (χ3n) is 11.4. The summed E-state index contributed by atoms with van der Waals surface area (Å²) >= 11 is 0. The highest BCUT2D eigenvalue weighted by Gasteiger charge is 2.42. The van der Waals surface area contributed by atoms with Crippen molar-refractivity contribution < 1.29 is 38.9 Å². The topological polar surface area (TPSA) is 161 Å². The van der Waals surface area contributed by atoms with E-state index >= 15 is 0 Å². The van der Waals surface area contributed by atoms with Gasteiger partial charge in [0.05, 0.1) is 61.4 Å². The van der Waals surface area contributed by atoms with Crippen LogP contribution in [0.2, 0.25) is 0 Å². The van der Waals surface area contributed by atoms with E-state index in [9.17, 15) is 29.4 Å². The predicted octanol–water partition coefficient (Wildman–Crippen LogP) is 4.12. The van der Waals surface area contributed by atoms with Crippen molar-refractivity contribution in [2.24, 2.45) is 17.8 Å². The molecule has 1 saturated heterocycles. The summed E-state index contributed by atoms with van der Waals surface area (Å²) in [6.07, 6.45) is 0.0466. The van der Waals surface area contributed by atoms with Crippen LogP contribution in [-0.4, -0.2) is 126 Å². The molecule has 13 nitrogen and oxygen atoms in total. The molecule has 0 saturated carbocycles. The summed E-state index contributed by atoms with van der Waals surface area (Å²) in [7, 11) is 6.64. The minimum absolute atomic E-state index is 0.0147. The van der Waals surface area contributed by atoms with Crippen LogP contribution in [0.5, 0.6) is 5.75 Å². The molecule has 1 heterocycles. The Labute approximate surface area is 334 Å². The number of nitrogens with zero attached hydrogens (tertiary/aromatic N) is 3. The molecule has 4 N–H and O–H groups in total. The van der Waals surface area contributed by atoms with Crippen LogP contribution in [0, 0.1) is 17.8 Å². The second-order valence-corrected chi connectivity index (χ2v) is 15.8. The lowest BCUT2D eigenvalue weighted by Crippen LogP contribution is -2.55. The monoisotopic (exact) mass is 781 g/mol. The van der Waals surface area contributed by atoms with Gasteiger partial charge in [0.25, 0.3) is 0 Å². The zero-order valence-corrected chi connectivity index (χ0v) is 35.1. The maximum absolute atomic E-state index is 14.1. The Morgan fingerprint density at radius 2 is 1.57 bits per heavy atom. The number of rotatable bonds is 21. The minimum atomic E-state index is -0.884. The van der Waals surface area contributed by atoms with E-state index in [4.69, 9.17) is 9.47 Å². The van der Waals surface area contributed by atoms with Crippen LogP contribution in [0.3, 0.4) is 0 Å². The molecule has 0 bridgehead atoms. The highest BCUT2D eigenvalue weighted by atomic mass is 16.5. The van der Waals surface area contributed by atoms with Crippen LogP contribution in [0.4, 0.5) is 0 Å². The fraction of sp³-hybridized carbons (Fsp3) is 0.628. The Kier molecular flexibility index (Phi) is 18.2. The van der Waals surface area contributed by atoms with Gasteiger partial charge in [-0.1, -0.05) is 83.5 Å². The molecular formula is C43H67N5O8. The van der Waals surface area contributed by atoms with Crippen LogP contribution < -0.4 is 10.6 Å². The van der Waals surface area contributed by atoms with Crippen molar-refractivity contribution in [3.05, 3.63) is 65.7 Å². The molecule has 2 aromatic rings. The average Bonchev–Trinajstić information content (AvgIpc) is 3.67. The van der Waals surface area contributed by atoms with Crippen LogP contribution in [0.15, 0.2) is 54.6 Å². The first kappa shape index (κ1) is 46.3. The van der Waals surface area contributed by atoms with Crippen molar-refractivity contribution in [2.75, 3.05) is 41.4 Å². The summed E-state index contributed by atoms with van der Waals surface area (Å²) in [5.41, 5.74) is 1.65. The predicted molar refractivity (Wildman–Crippen MR) is 216 cm³/mol. The largest absolute Gasteiger partial charge is 0.508 e. The van der Waals surface area contributed by atoms with Gasteiger partial charge in [-0.2, -0.15) is 0 Å². The summed E-state index contributed by atoms with van der Waals surface area (Å²) in [5.74, 6) is -1.51. The van der Waals surface area contributed by atoms with E-state index in [1.807, 2.05) is 82.1 Å². The Hall–Kier alpha value is -4.04. The second-order valence-electron chi connectivity index (χ2n) is 15.8. The number of carbonyl (C=O) groups is 4. The first-order chi connectivity index (χ1) is 26.6. The Balaban J connectivity index is 1.67. The molecule has 56 heavy (non-hydrogen) atoms. The number of likely N-dealkylation sites (N-methyl/N-ethyl adjacent to an activating group) is 2. The third kappa shape index (κ3) is 12.2. The number of likely N-dealkylation sites (tertiary alicyclic amines) is 1. The molecule has 0 spiro atoms. The molecule has 3 rings (SSSR count). The molecule has 1 aliphatic rings. The Morgan fingerprint density at radius 1 is 0.929 bits per heavy atom. The van der Waals surface area contributed by atoms with Gasteiger partial charge in [0.1, 0.15) is 5.75 Å². The van der Waals surface area contributed by atoms with E-state index in [0.717, 1.165) is 18.4 Å². The van der Waals surface area contributed by atoms with E-state index in [1.54, 1.807) is 57.0 Å². The van der Waals surface area contributed by atoms with Gasteiger partial charge in [0.15, 0.2) is 0 Å². The normalized spacial score (nSPS) is 18.7. The maximum atomic E-state index is 14.1. The standard InChI is InChI=1S/C43H67N5O8/c1-11-28(4)39(47(8)37(51)25-44-43(54)38(27(2)3)46(7)26-31-19-21-33(49)22-20-31)35(55-9)24-36(50)48-23-15-18-34(48)41(56-10)29(5)42(53)45-30(6)40(52)32-16-13-12-14-17-32/h12-14,16-17,19-22,27-30,34-35,38-41,49,52H,11,15,18,23-26H2,1-10H3,(H,44,54)(H,45,53)/t28?,29-,30?,34?,35?,38?,39?,40?,41?/m1/s1. The summed E-state index contributed by atoms with van der Waals surface area (Å²) in [4.78, 5) is 60.1. The van der Waals surface area contributed by atoms with E-state index < -0.39 is 42.4 Å². The van der Waals surface area contributed by atoms with E-state index in [1.165, 1.54) is 0 Å². The van der Waals surface area contributed by atoms with E-state index in [0.29, 0.717) is 25.1 Å². The number of hydrogen-bond acceptors (Lipinski definition) is 9. The van der Waals surface area contributed by atoms with Crippen LogP contribution >= 0.6 is 0 Å². The van der Waals surface area contributed by atoms with Crippen LogP contribution in [-0.2, 0) is 35.2 Å². The number of benzene rings is 2. The summed E-state index contributed by atoms with van der Waals surface area (Å²) in [5, 5.41) is 26.3. The number of amides is 4. The van der Waals surface area contributed by atoms with Crippen LogP contribution in [0.1, 0.15) is 84.5 Å². The number of ether oxygens (including phenoxy) is 2. The lowest BCUT2D eigenvalue weighted by atomic mass is 9.90. The Morgan fingerprint density at radius 3 is 2.14 bits per heavy atom. The minimum Gasteiger partial charge on any atom is -0.508 e. The first-order valence-electron chi connectivity index (χ1n) is 20.0. The van der Waals surface area contributed by atoms with Crippen molar-refractivity contribution in [1.82, 2.24) is 25.3 Å². The molecule has 2 aromatic carbocycles. The zero-order valence-electron chi connectivity index (χ0n) is 35.1. The number of carbonyl (C=O) groups excluding carboxylic acids is 4. The molecule has 312 valence electrons. The average molecular weight is 782 g/mol. The summed E-state index contributed by atoms with van der Waals surface area (Å²) < 4.78 is 11.9. The fourth-order valence-electron chi connectivity index (χ4n) is 8.09. The number of nitrogens with one attached hydrogen (secondary N) is 2. The zero-order chi connectivity index (χ0) is 41.7. The van der Waals surface area contributed by atoms with Gasteiger partial charge in [-0.05, 0) is 61.9 Å². The van der Waals surface area contributed by atoms with Gasteiger partial charge < -0.3 is 40.1 Å². The number of aliphatic hydroxyl groups is 1. The molecule has 9 atom stereocenters. The highest BCUT2D eigenvalue weighted by Crippen LogP contribution is 2.30. The van der Waals surface area contributed by atoms with E-state index in [2.05, 4.69) is 10.6 Å². The lowest BCUT2D eigenvalue weighted by molar-refractivity contribution is -0.146. The van der Waals surface area contributed by atoms with Gasteiger partial charge in [-0.3, -0.25) is 24.1 Å². The maximum Gasteiger partial charge on any atom is 0.242 e. The smallest absolute Gasteiger partial charge is 0.242 e. The quantitative estimate of drug-likeness (QED) is 0.146. The molecule has 0 radical (unpaired) electrons.